The average molecular weight is 251 g/mol. The van der Waals surface area contributed by atoms with E-state index >= 15 is 0 Å². The molecular formula is C12H27ClN2O. The number of nitrogens with zero attached hydrogens (tertiary/aromatic N) is 1. The lowest BCUT2D eigenvalue weighted by atomic mass is 9.93. The van der Waals surface area contributed by atoms with Crippen molar-refractivity contribution in [2.24, 2.45) is 5.73 Å². The predicted octanol–water partition coefficient (Wildman–Crippen LogP) is 1.77. The zero-order valence-corrected chi connectivity index (χ0v) is 11.4. The van der Waals surface area contributed by atoms with Crippen LogP contribution in [-0.2, 0) is 0 Å². The highest BCUT2D eigenvalue weighted by Crippen LogP contribution is 2.22. The van der Waals surface area contributed by atoms with Crippen molar-refractivity contribution in [2.75, 3.05) is 13.1 Å². The van der Waals surface area contributed by atoms with Crippen molar-refractivity contribution in [2.45, 2.75) is 64.1 Å². The van der Waals surface area contributed by atoms with Crippen LogP contribution in [0.5, 0.6) is 0 Å². The Bertz CT molecular complexity index is 160. The van der Waals surface area contributed by atoms with Crippen LogP contribution in [0.2, 0.25) is 0 Å². The van der Waals surface area contributed by atoms with E-state index in [1.807, 2.05) is 13.8 Å². The topological polar surface area (TPSA) is 49.5 Å². The fourth-order valence-electron chi connectivity index (χ4n) is 2.53. The second-order valence-corrected chi connectivity index (χ2v) is 5.07. The molecule has 1 rings (SSSR count). The first-order valence-corrected chi connectivity index (χ1v) is 6.27. The van der Waals surface area contributed by atoms with E-state index < -0.39 is 0 Å². The minimum absolute atomic E-state index is 0. The van der Waals surface area contributed by atoms with Gasteiger partial charge in [-0.1, -0.05) is 19.3 Å². The Balaban J connectivity index is 0.00000225. The van der Waals surface area contributed by atoms with Gasteiger partial charge >= 0.3 is 0 Å². The molecule has 0 heterocycles. The van der Waals surface area contributed by atoms with E-state index in [1.54, 1.807) is 0 Å². The molecule has 0 amide bonds. The molecule has 0 aromatic carbocycles. The SMILES string of the molecule is CC(N)CN(CC(C)O)C1CCCCC1.Cl. The summed E-state index contributed by atoms with van der Waals surface area (Å²) >= 11 is 0. The van der Waals surface area contributed by atoms with Gasteiger partial charge in [0, 0.05) is 25.2 Å². The van der Waals surface area contributed by atoms with Gasteiger partial charge in [-0.15, -0.1) is 12.4 Å². The number of aliphatic hydroxyl groups is 1. The molecule has 0 aliphatic heterocycles. The summed E-state index contributed by atoms with van der Waals surface area (Å²) in [7, 11) is 0. The minimum Gasteiger partial charge on any atom is -0.392 e. The smallest absolute Gasteiger partial charge is 0.0639 e. The molecule has 1 aliphatic rings. The summed E-state index contributed by atoms with van der Waals surface area (Å²) in [5.74, 6) is 0. The lowest BCUT2D eigenvalue weighted by molar-refractivity contribution is 0.0791. The number of halogens is 1. The van der Waals surface area contributed by atoms with Crippen molar-refractivity contribution >= 4 is 12.4 Å². The van der Waals surface area contributed by atoms with Crippen molar-refractivity contribution in [1.29, 1.82) is 0 Å². The van der Waals surface area contributed by atoms with Crippen molar-refractivity contribution in [3.63, 3.8) is 0 Å². The number of aliphatic hydroxyl groups excluding tert-OH is 1. The highest BCUT2D eigenvalue weighted by Gasteiger charge is 2.22. The zero-order chi connectivity index (χ0) is 11.3. The normalized spacial score (nSPS) is 21.6. The van der Waals surface area contributed by atoms with E-state index in [9.17, 15) is 5.11 Å². The first-order valence-electron chi connectivity index (χ1n) is 6.27. The van der Waals surface area contributed by atoms with E-state index in [2.05, 4.69) is 4.90 Å². The average Bonchev–Trinajstić information content (AvgIpc) is 2.17. The van der Waals surface area contributed by atoms with Crippen molar-refractivity contribution in [3.05, 3.63) is 0 Å². The number of hydrogen-bond acceptors (Lipinski definition) is 3. The molecule has 2 unspecified atom stereocenters. The lowest BCUT2D eigenvalue weighted by Gasteiger charge is -2.36. The molecule has 1 aliphatic carbocycles. The van der Waals surface area contributed by atoms with Crippen LogP contribution in [-0.4, -0.2) is 41.3 Å². The summed E-state index contributed by atoms with van der Waals surface area (Å²) in [6, 6.07) is 0.852. The van der Waals surface area contributed by atoms with Gasteiger partial charge < -0.3 is 10.8 Å². The van der Waals surface area contributed by atoms with Gasteiger partial charge in [0.15, 0.2) is 0 Å². The molecule has 4 heteroatoms. The fourth-order valence-corrected chi connectivity index (χ4v) is 2.53. The molecule has 16 heavy (non-hydrogen) atoms. The standard InChI is InChI=1S/C12H26N2O.ClH/c1-10(13)8-14(9-11(2)15)12-6-4-3-5-7-12;/h10-12,15H,3-9,13H2,1-2H3;1H. The molecule has 0 saturated heterocycles. The van der Waals surface area contributed by atoms with Crippen LogP contribution in [0.25, 0.3) is 0 Å². The molecule has 0 aromatic rings. The molecule has 0 spiro atoms. The summed E-state index contributed by atoms with van der Waals surface area (Å²) < 4.78 is 0. The van der Waals surface area contributed by atoms with Crippen LogP contribution < -0.4 is 5.73 Å². The quantitative estimate of drug-likeness (QED) is 0.782. The van der Waals surface area contributed by atoms with E-state index in [-0.39, 0.29) is 24.6 Å². The van der Waals surface area contributed by atoms with E-state index in [0.717, 1.165) is 13.1 Å². The van der Waals surface area contributed by atoms with Crippen molar-refractivity contribution in [3.8, 4) is 0 Å². The van der Waals surface area contributed by atoms with Crippen LogP contribution in [0.3, 0.4) is 0 Å². The van der Waals surface area contributed by atoms with Crippen molar-refractivity contribution < 1.29 is 5.11 Å². The molecule has 3 nitrogen and oxygen atoms in total. The molecule has 2 atom stereocenters. The van der Waals surface area contributed by atoms with E-state index in [0.29, 0.717) is 6.04 Å². The highest BCUT2D eigenvalue weighted by molar-refractivity contribution is 5.85. The van der Waals surface area contributed by atoms with Gasteiger partial charge in [-0.2, -0.15) is 0 Å². The maximum atomic E-state index is 9.48. The van der Waals surface area contributed by atoms with Gasteiger partial charge in [-0.05, 0) is 26.7 Å². The van der Waals surface area contributed by atoms with Crippen LogP contribution in [0.1, 0.15) is 46.0 Å². The van der Waals surface area contributed by atoms with Crippen molar-refractivity contribution in [1.82, 2.24) is 4.90 Å². The summed E-state index contributed by atoms with van der Waals surface area (Å²) in [6.07, 6.45) is 6.35. The molecular weight excluding hydrogens is 224 g/mol. The third kappa shape index (κ3) is 6.04. The van der Waals surface area contributed by atoms with E-state index in [1.165, 1.54) is 32.1 Å². The highest BCUT2D eigenvalue weighted by atomic mass is 35.5. The summed E-state index contributed by atoms with van der Waals surface area (Å²) in [6.45, 7) is 5.58. The Morgan fingerprint density at radius 2 is 1.75 bits per heavy atom. The lowest BCUT2D eigenvalue weighted by Crippen LogP contribution is -2.46. The molecule has 1 fully saturated rings. The van der Waals surface area contributed by atoms with Crippen LogP contribution in [0, 0.1) is 0 Å². The van der Waals surface area contributed by atoms with E-state index in [4.69, 9.17) is 5.73 Å². The predicted molar refractivity (Wildman–Crippen MR) is 71.0 cm³/mol. The molecule has 1 saturated carbocycles. The van der Waals surface area contributed by atoms with Gasteiger partial charge in [0.25, 0.3) is 0 Å². The number of hydrogen-bond donors (Lipinski definition) is 2. The molecule has 3 N–H and O–H groups in total. The maximum absolute atomic E-state index is 9.48. The molecule has 0 aromatic heterocycles. The Labute approximate surface area is 106 Å². The number of nitrogens with two attached hydrogens (primary N) is 1. The van der Waals surface area contributed by atoms with Crippen LogP contribution in [0.15, 0.2) is 0 Å². The monoisotopic (exact) mass is 250 g/mol. The third-order valence-corrected chi connectivity index (χ3v) is 3.11. The van der Waals surface area contributed by atoms with Gasteiger partial charge in [0.1, 0.15) is 0 Å². The Hall–Kier alpha value is 0.170. The molecule has 0 bridgehead atoms. The number of rotatable bonds is 5. The van der Waals surface area contributed by atoms with Gasteiger partial charge in [-0.3, -0.25) is 4.90 Å². The van der Waals surface area contributed by atoms with Gasteiger partial charge in [0.05, 0.1) is 6.10 Å². The largest absolute Gasteiger partial charge is 0.392 e. The first-order chi connectivity index (χ1) is 7.09. The maximum Gasteiger partial charge on any atom is 0.0639 e. The Kier molecular flexibility index (Phi) is 8.38. The minimum atomic E-state index is -0.245. The molecule has 0 radical (unpaired) electrons. The second-order valence-electron chi connectivity index (χ2n) is 5.07. The summed E-state index contributed by atoms with van der Waals surface area (Å²) in [4.78, 5) is 2.38. The fraction of sp³-hybridized carbons (Fsp3) is 1.00. The summed E-state index contributed by atoms with van der Waals surface area (Å²) in [5, 5.41) is 9.48. The zero-order valence-electron chi connectivity index (χ0n) is 10.6. The summed E-state index contributed by atoms with van der Waals surface area (Å²) in [5.41, 5.74) is 5.85. The Morgan fingerprint density at radius 3 is 2.19 bits per heavy atom. The third-order valence-electron chi connectivity index (χ3n) is 3.11. The molecule has 98 valence electrons. The Morgan fingerprint density at radius 1 is 1.19 bits per heavy atom. The van der Waals surface area contributed by atoms with Gasteiger partial charge in [0.2, 0.25) is 0 Å². The second kappa shape index (κ2) is 8.29. The first kappa shape index (κ1) is 16.2. The van der Waals surface area contributed by atoms with Crippen LogP contribution >= 0.6 is 12.4 Å². The van der Waals surface area contributed by atoms with Crippen LogP contribution in [0.4, 0.5) is 0 Å². The van der Waals surface area contributed by atoms with Gasteiger partial charge in [-0.25, -0.2) is 0 Å².